The van der Waals surface area contributed by atoms with Crippen LogP contribution >= 0.6 is 11.8 Å². The fourth-order valence-corrected chi connectivity index (χ4v) is 5.65. The number of carbonyl (C=O) groups excluding carboxylic acids is 2. The fourth-order valence-electron chi connectivity index (χ4n) is 4.80. The average molecular weight is 571 g/mol. The zero-order chi connectivity index (χ0) is 28.1. The monoisotopic (exact) mass is 570 g/mol. The van der Waals surface area contributed by atoms with Gasteiger partial charge >= 0.3 is 0 Å². The first kappa shape index (κ1) is 27.7. The Morgan fingerprint density at radius 3 is 2.23 bits per heavy atom. The number of rotatable bonds is 9. The van der Waals surface area contributed by atoms with Crippen molar-refractivity contribution in [3.8, 4) is 11.5 Å². The van der Waals surface area contributed by atoms with Crippen LogP contribution in [-0.2, 0) is 14.3 Å². The number of para-hydroxylation sites is 2. The molecule has 12 nitrogen and oxygen atoms in total. The van der Waals surface area contributed by atoms with E-state index in [2.05, 4.69) is 4.90 Å². The van der Waals surface area contributed by atoms with Gasteiger partial charge < -0.3 is 28.7 Å². The molecule has 0 bridgehead atoms. The normalized spacial score (nSPS) is 18.9. The highest BCUT2D eigenvalue weighted by Crippen LogP contribution is 2.40. The summed E-state index contributed by atoms with van der Waals surface area (Å²) in [4.78, 5) is 43.1. The molecule has 0 aliphatic carbocycles. The second-order valence-corrected chi connectivity index (χ2v) is 10.2. The standard InChI is InChI=1S/C27H30N4O8S/c1-36-23-4-2-3-5-24(23)39-15-10-30-26(32)25(40-27(30)33)17-19-16-22(31(34)35)21(29-8-13-38-14-9-29)18-20(19)28-6-11-37-12-7-28/h2-5,16-18H,6-15H2,1H3/b25-17-. The second kappa shape index (κ2) is 12.6. The largest absolute Gasteiger partial charge is 0.493 e. The molecule has 3 saturated heterocycles. The molecule has 0 unspecified atom stereocenters. The Morgan fingerprint density at radius 2 is 1.60 bits per heavy atom. The third kappa shape index (κ3) is 6.01. The number of benzene rings is 2. The Balaban J connectivity index is 1.41. The molecule has 0 N–H and O–H groups in total. The van der Waals surface area contributed by atoms with Gasteiger partial charge in [-0.25, -0.2) is 0 Å². The first-order valence-electron chi connectivity index (χ1n) is 13.0. The number of hydrogen-bond donors (Lipinski definition) is 0. The van der Waals surface area contributed by atoms with E-state index in [9.17, 15) is 19.7 Å². The van der Waals surface area contributed by atoms with Crippen LogP contribution in [0, 0.1) is 10.1 Å². The van der Waals surface area contributed by atoms with E-state index in [1.54, 1.807) is 24.3 Å². The lowest BCUT2D eigenvalue weighted by atomic mass is 10.1. The third-order valence-corrected chi connectivity index (χ3v) is 7.73. The summed E-state index contributed by atoms with van der Waals surface area (Å²) in [5.41, 5.74) is 1.70. The highest BCUT2D eigenvalue weighted by molar-refractivity contribution is 8.18. The molecule has 0 radical (unpaired) electrons. The first-order valence-corrected chi connectivity index (χ1v) is 13.8. The summed E-state index contributed by atoms with van der Waals surface area (Å²) in [5, 5.41) is 11.7. The number of ether oxygens (including phenoxy) is 4. The van der Waals surface area contributed by atoms with Crippen molar-refractivity contribution >= 4 is 46.0 Å². The smallest absolute Gasteiger partial charge is 0.293 e. The van der Waals surface area contributed by atoms with Gasteiger partial charge in [-0.05, 0) is 36.0 Å². The van der Waals surface area contributed by atoms with E-state index in [-0.39, 0.29) is 23.7 Å². The van der Waals surface area contributed by atoms with E-state index < -0.39 is 16.1 Å². The third-order valence-electron chi connectivity index (χ3n) is 6.83. The number of nitrogens with zero attached hydrogens (tertiary/aromatic N) is 4. The molecule has 0 saturated carbocycles. The van der Waals surface area contributed by atoms with E-state index in [4.69, 9.17) is 18.9 Å². The minimum Gasteiger partial charge on any atom is -0.493 e. The molecule has 0 aromatic heterocycles. The van der Waals surface area contributed by atoms with E-state index in [1.165, 1.54) is 13.2 Å². The van der Waals surface area contributed by atoms with Gasteiger partial charge in [-0.3, -0.25) is 24.6 Å². The highest BCUT2D eigenvalue weighted by Gasteiger charge is 2.36. The van der Waals surface area contributed by atoms with Gasteiger partial charge in [-0.1, -0.05) is 12.1 Å². The van der Waals surface area contributed by atoms with E-state index >= 15 is 0 Å². The van der Waals surface area contributed by atoms with Crippen LogP contribution in [-0.4, -0.2) is 93.8 Å². The van der Waals surface area contributed by atoms with Crippen molar-refractivity contribution in [2.45, 2.75) is 0 Å². The van der Waals surface area contributed by atoms with Gasteiger partial charge in [0, 0.05) is 43.5 Å². The lowest BCUT2D eigenvalue weighted by Crippen LogP contribution is -2.38. The van der Waals surface area contributed by atoms with Crippen molar-refractivity contribution < 1.29 is 33.5 Å². The molecule has 2 amide bonds. The van der Waals surface area contributed by atoms with Crippen molar-refractivity contribution in [2.75, 3.05) is 82.7 Å². The van der Waals surface area contributed by atoms with Gasteiger partial charge in [0.1, 0.15) is 12.3 Å². The zero-order valence-corrected chi connectivity index (χ0v) is 22.9. The molecular weight excluding hydrogens is 540 g/mol. The van der Waals surface area contributed by atoms with E-state index in [0.29, 0.717) is 75.4 Å². The Bertz CT molecular complexity index is 1310. The molecule has 3 aliphatic heterocycles. The first-order chi connectivity index (χ1) is 19.5. The van der Waals surface area contributed by atoms with Crippen LogP contribution in [0.2, 0.25) is 0 Å². The predicted molar refractivity (Wildman–Crippen MR) is 150 cm³/mol. The van der Waals surface area contributed by atoms with Crippen LogP contribution in [0.1, 0.15) is 5.56 Å². The molecule has 2 aromatic carbocycles. The van der Waals surface area contributed by atoms with Crippen LogP contribution < -0.4 is 19.3 Å². The number of amides is 2. The maximum atomic E-state index is 13.3. The number of thioether (sulfide) groups is 1. The number of nitro benzene ring substituents is 1. The lowest BCUT2D eigenvalue weighted by Gasteiger charge is -2.33. The molecule has 13 heteroatoms. The average Bonchev–Trinajstić information content (AvgIpc) is 3.25. The SMILES string of the molecule is COc1ccccc1OCCN1C(=O)S/C(=C\c2cc([N+](=O)[O-])c(N3CCOCC3)cc2N2CCOCC2)C1=O. The van der Waals surface area contributed by atoms with Crippen molar-refractivity contribution in [1.82, 2.24) is 4.90 Å². The molecule has 40 heavy (non-hydrogen) atoms. The summed E-state index contributed by atoms with van der Waals surface area (Å²) in [6, 6.07) is 10.4. The second-order valence-electron chi connectivity index (χ2n) is 9.19. The number of nitro groups is 1. The molecule has 3 aliphatic rings. The van der Waals surface area contributed by atoms with Crippen LogP contribution in [0.15, 0.2) is 41.3 Å². The Kier molecular flexibility index (Phi) is 8.72. The van der Waals surface area contributed by atoms with E-state index in [0.717, 1.165) is 22.3 Å². The minimum atomic E-state index is -0.466. The summed E-state index contributed by atoms with van der Waals surface area (Å²) in [6.45, 7) is 4.43. The number of imide groups is 1. The summed E-state index contributed by atoms with van der Waals surface area (Å²) < 4.78 is 22.0. The molecule has 3 heterocycles. The molecule has 2 aromatic rings. The van der Waals surface area contributed by atoms with Crippen molar-refractivity contribution in [3.63, 3.8) is 0 Å². The van der Waals surface area contributed by atoms with Gasteiger partial charge in [0.15, 0.2) is 11.5 Å². The zero-order valence-electron chi connectivity index (χ0n) is 22.1. The number of hydrogen-bond acceptors (Lipinski definition) is 11. The summed E-state index contributed by atoms with van der Waals surface area (Å²) in [6.07, 6.45) is 1.58. The van der Waals surface area contributed by atoms with E-state index in [1.807, 2.05) is 17.0 Å². The molecule has 5 rings (SSSR count). The molecule has 0 atom stereocenters. The number of methoxy groups -OCH3 is 1. The molecule has 3 fully saturated rings. The van der Waals surface area contributed by atoms with Crippen LogP contribution in [0.5, 0.6) is 11.5 Å². The van der Waals surface area contributed by atoms with Gasteiger partial charge in [-0.2, -0.15) is 0 Å². The van der Waals surface area contributed by atoms with Crippen LogP contribution in [0.3, 0.4) is 0 Å². The van der Waals surface area contributed by atoms with Crippen molar-refractivity contribution in [1.29, 1.82) is 0 Å². The number of morpholine rings is 2. The molecular formula is C27H30N4O8S. The number of carbonyl (C=O) groups is 2. The topological polar surface area (TPSA) is 124 Å². The Labute approximate surface area is 235 Å². The van der Waals surface area contributed by atoms with Gasteiger partial charge in [0.05, 0.1) is 49.9 Å². The quantitative estimate of drug-likeness (QED) is 0.250. The minimum absolute atomic E-state index is 0.0481. The summed E-state index contributed by atoms with van der Waals surface area (Å²) in [5.74, 6) is 0.594. The Hall–Kier alpha value is -3.81. The van der Waals surface area contributed by atoms with Crippen molar-refractivity contribution in [3.05, 3.63) is 57.0 Å². The summed E-state index contributed by atoms with van der Waals surface area (Å²) >= 11 is 0.811. The Morgan fingerprint density at radius 1 is 0.975 bits per heavy atom. The molecule has 212 valence electrons. The maximum absolute atomic E-state index is 13.3. The van der Waals surface area contributed by atoms with Crippen LogP contribution in [0.25, 0.3) is 6.08 Å². The maximum Gasteiger partial charge on any atom is 0.293 e. The fraction of sp³-hybridized carbons (Fsp3) is 0.407. The van der Waals surface area contributed by atoms with Gasteiger partial charge in [0.25, 0.3) is 16.8 Å². The lowest BCUT2D eigenvalue weighted by molar-refractivity contribution is -0.384. The highest BCUT2D eigenvalue weighted by atomic mass is 32.2. The summed E-state index contributed by atoms with van der Waals surface area (Å²) in [7, 11) is 1.53. The van der Waals surface area contributed by atoms with Gasteiger partial charge in [-0.15, -0.1) is 0 Å². The molecule has 0 spiro atoms. The predicted octanol–water partition coefficient (Wildman–Crippen LogP) is 3.39. The van der Waals surface area contributed by atoms with Crippen molar-refractivity contribution in [2.24, 2.45) is 0 Å². The number of anilines is 2. The van der Waals surface area contributed by atoms with Gasteiger partial charge in [0.2, 0.25) is 0 Å². The van der Waals surface area contributed by atoms with Crippen LogP contribution in [0.4, 0.5) is 21.9 Å².